The first kappa shape index (κ1) is 19.9. The molecule has 0 heterocycles. The third-order valence-corrected chi connectivity index (χ3v) is 3.01. The summed E-state index contributed by atoms with van der Waals surface area (Å²) in [7, 11) is 0. The van der Waals surface area contributed by atoms with Crippen LogP contribution in [0.5, 0.6) is 0 Å². The zero-order valence-electron chi connectivity index (χ0n) is 12.6. The van der Waals surface area contributed by atoms with Crippen molar-refractivity contribution < 1.29 is 57.9 Å². The van der Waals surface area contributed by atoms with Gasteiger partial charge in [-0.25, -0.2) is 0 Å². The number of aliphatic hydroxyl groups excluding tert-OH is 1. The molecule has 0 aliphatic carbocycles. The topological polar surface area (TPSA) is 20.2 Å². The van der Waals surface area contributed by atoms with Gasteiger partial charge in [0.25, 0.3) is 0 Å². The SMILES string of the molecule is CCCCCCCCCCCCCCO.[H-].[K+]. The Hall–Kier alpha value is 1.60. The van der Waals surface area contributed by atoms with Crippen molar-refractivity contribution in [3.8, 4) is 0 Å². The van der Waals surface area contributed by atoms with E-state index in [0.717, 1.165) is 6.42 Å². The van der Waals surface area contributed by atoms with Gasteiger partial charge in [-0.3, -0.25) is 0 Å². The predicted octanol–water partition coefficient (Wildman–Crippen LogP) is 1.80. The van der Waals surface area contributed by atoms with Gasteiger partial charge in [-0.1, -0.05) is 77.6 Å². The molecule has 0 aliphatic heterocycles. The first-order valence-corrected chi connectivity index (χ1v) is 7.02. The van der Waals surface area contributed by atoms with Crippen LogP contribution >= 0.6 is 0 Å². The van der Waals surface area contributed by atoms with Crippen LogP contribution in [0.25, 0.3) is 0 Å². The van der Waals surface area contributed by atoms with Crippen LogP contribution < -0.4 is 51.4 Å². The molecule has 0 radical (unpaired) electrons. The van der Waals surface area contributed by atoms with Crippen molar-refractivity contribution in [2.75, 3.05) is 6.61 Å². The van der Waals surface area contributed by atoms with E-state index in [9.17, 15) is 0 Å². The summed E-state index contributed by atoms with van der Waals surface area (Å²) in [5.74, 6) is 0. The van der Waals surface area contributed by atoms with E-state index in [1.165, 1.54) is 70.6 Å². The van der Waals surface area contributed by atoms with Gasteiger partial charge >= 0.3 is 51.4 Å². The molecule has 0 saturated heterocycles. The summed E-state index contributed by atoms with van der Waals surface area (Å²) in [5.41, 5.74) is 0. The maximum atomic E-state index is 8.61. The summed E-state index contributed by atoms with van der Waals surface area (Å²) in [4.78, 5) is 0. The molecule has 1 N–H and O–H groups in total. The molecule has 0 aromatic carbocycles. The fourth-order valence-corrected chi connectivity index (χ4v) is 1.95. The van der Waals surface area contributed by atoms with Crippen LogP contribution in [-0.2, 0) is 0 Å². The van der Waals surface area contributed by atoms with Gasteiger partial charge in [0.2, 0.25) is 0 Å². The van der Waals surface area contributed by atoms with Gasteiger partial charge in [-0.2, -0.15) is 0 Å². The molecular weight excluding hydrogens is 223 g/mol. The number of hydrogen-bond donors (Lipinski definition) is 1. The Balaban J connectivity index is -0.000000980. The molecule has 94 valence electrons. The minimum Gasteiger partial charge on any atom is -1.00 e. The second-order valence-electron chi connectivity index (χ2n) is 4.61. The van der Waals surface area contributed by atoms with Crippen LogP contribution in [0.1, 0.15) is 85.4 Å². The van der Waals surface area contributed by atoms with Crippen molar-refractivity contribution in [2.45, 2.75) is 84.0 Å². The quantitative estimate of drug-likeness (QED) is 0.416. The van der Waals surface area contributed by atoms with E-state index in [1.54, 1.807) is 0 Å². The molecule has 0 aliphatic rings. The Morgan fingerprint density at radius 3 is 1.25 bits per heavy atom. The Morgan fingerprint density at radius 1 is 0.625 bits per heavy atom. The maximum Gasteiger partial charge on any atom is 1.00 e. The molecule has 1 nitrogen and oxygen atoms in total. The van der Waals surface area contributed by atoms with E-state index in [2.05, 4.69) is 6.92 Å². The molecule has 0 bridgehead atoms. The fraction of sp³-hybridized carbons (Fsp3) is 1.00. The summed E-state index contributed by atoms with van der Waals surface area (Å²) in [6.45, 7) is 2.64. The summed E-state index contributed by atoms with van der Waals surface area (Å²) < 4.78 is 0. The van der Waals surface area contributed by atoms with Crippen LogP contribution in [0, 0.1) is 0 Å². The number of rotatable bonds is 12. The van der Waals surface area contributed by atoms with Crippen molar-refractivity contribution in [1.82, 2.24) is 0 Å². The monoisotopic (exact) mass is 254 g/mol. The van der Waals surface area contributed by atoms with Crippen LogP contribution in [-0.4, -0.2) is 11.7 Å². The summed E-state index contributed by atoms with van der Waals surface area (Å²) in [6, 6.07) is 0. The molecule has 2 heteroatoms. The first-order valence-electron chi connectivity index (χ1n) is 7.02. The summed E-state index contributed by atoms with van der Waals surface area (Å²) in [5, 5.41) is 8.61. The molecule has 0 rings (SSSR count). The van der Waals surface area contributed by atoms with Gasteiger partial charge < -0.3 is 6.53 Å². The van der Waals surface area contributed by atoms with Gasteiger partial charge in [0.1, 0.15) is 0 Å². The molecule has 0 saturated carbocycles. The fourth-order valence-electron chi connectivity index (χ4n) is 1.95. The molecule has 16 heavy (non-hydrogen) atoms. The zero-order chi connectivity index (χ0) is 11.2. The van der Waals surface area contributed by atoms with E-state index in [0.29, 0.717) is 6.61 Å². The van der Waals surface area contributed by atoms with E-state index < -0.39 is 0 Å². The van der Waals surface area contributed by atoms with E-state index >= 15 is 0 Å². The third-order valence-electron chi connectivity index (χ3n) is 3.01. The standard InChI is InChI=1S/C14H30O.K.H/c1-2-3-4-5-6-7-8-9-10-11-12-13-14-15;;/h15H,2-14H2,1H3;;/q;+1;-1. The second-order valence-corrected chi connectivity index (χ2v) is 4.61. The molecule has 0 spiro atoms. The molecule has 0 atom stereocenters. The Morgan fingerprint density at radius 2 is 0.938 bits per heavy atom. The van der Waals surface area contributed by atoms with Crippen molar-refractivity contribution >= 4 is 0 Å². The van der Waals surface area contributed by atoms with Crippen LogP contribution in [0.2, 0.25) is 0 Å². The van der Waals surface area contributed by atoms with Gasteiger partial charge in [0.05, 0.1) is 0 Å². The van der Waals surface area contributed by atoms with Crippen molar-refractivity contribution in [2.24, 2.45) is 0 Å². The van der Waals surface area contributed by atoms with Gasteiger partial charge in [0.15, 0.2) is 0 Å². The van der Waals surface area contributed by atoms with Gasteiger partial charge in [-0.15, -0.1) is 0 Å². The molecule has 0 aromatic rings. The average molecular weight is 254 g/mol. The molecule has 0 aromatic heterocycles. The maximum absolute atomic E-state index is 8.61. The molecular formula is C14H31KO. The molecule has 0 unspecified atom stereocenters. The molecule has 0 amide bonds. The molecule has 0 fully saturated rings. The first-order chi connectivity index (χ1) is 7.41. The Labute approximate surface area is 147 Å². The van der Waals surface area contributed by atoms with Crippen LogP contribution in [0.4, 0.5) is 0 Å². The Kier molecular flexibility index (Phi) is 23.6. The second kappa shape index (κ2) is 18.9. The Bertz CT molecular complexity index is 100. The van der Waals surface area contributed by atoms with E-state index in [-0.39, 0.29) is 52.8 Å². The minimum absolute atomic E-state index is 0. The van der Waals surface area contributed by atoms with E-state index in [4.69, 9.17) is 5.11 Å². The number of unbranched alkanes of at least 4 members (excludes halogenated alkanes) is 11. The van der Waals surface area contributed by atoms with Crippen molar-refractivity contribution in [3.05, 3.63) is 0 Å². The number of hydrogen-bond acceptors (Lipinski definition) is 1. The van der Waals surface area contributed by atoms with Crippen LogP contribution in [0.15, 0.2) is 0 Å². The van der Waals surface area contributed by atoms with Crippen molar-refractivity contribution in [1.29, 1.82) is 0 Å². The zero-order valence-corrected chi connectivity index (χ0v) is 14.8. The minimum atomic E-state index is 0. The predicted molar refractivity (Wildman–Crippen MR) is 69.3 cm³/mol. The van der Waals surface area contributed by atoms with Crippen LogP contribution in [0.3, 0.4) is 0 Å². The smallest absolute Gasteiger partial charge is 1.00 e. The van der Waals surface area contributed by atoms with Crippen molar-refractivity contribution in [3.63, 3.8) is 0 Å². The number of aliphatic hydroxyl groups is 1. The summed E-state index contributed by atoms with van der Waals surface area (Å²) >= 11 is 0. The largest absolute Gasteiger partial charge is 1.00 e. The summed E-state index contributed by atoms with van der Waals surface area (Å²) in [6.07, 6.45) is 16.2. The van der Waals surface area contributed by atoms with E-state index in [1.807, 2.05) is 0 Å². The average Bonchev–Trinajstić information content (AvgIpc) is 2.26. The normalized spacial score (nSPS) is 10.1. The third kappa shape index (κ3) is 18.0. The van der Waals surface area contributed by atoms with Gasteiger partial charge in [0, 0.05) is 6.61 Å². The van der Waals surface area contributed by atoms with Gasteiger partial charge in [-0.05, 0) is 6.42 Å².